The van der Waals surface area contributed by atoms with E-state index in [2.05, 4.69) is 10.0 Å². The molecule has 2 aromatic heterocycles. The average molecular weight is 343 g/mol. The zero-order valence-electron chi connectivity index (χ0n) is 11.5. The van der Waals surface area contributed by atoms with Gasteiger partial charge in [0, 0.05) is 28.9 Å². The Morgan fingerprint density at radius 3 is 2.76 bits per heavy atom. The quantitative estimate of drug-likeness (QED) is 0.775. The molecule has 0 spiro atoms. The third-order valence-corrected chi connectivity index (χ3v) is 7.21. The third kappa shape index (κ3) is 4.37. The van der Waals surface area contributed by atoms with Crippen LogP contribution in [0.5, 0.6) is 0 Å². The molecule has 1 saturated carbocycles. The molecule has 2 N–H and O–H groups in total. The number of hydrogen-bond donors (Lipinski definition) is 2. The van der Waals surface area contributed by atoms with Crippen LogP contribution in [0.25, 0.3) is 0 Å². The predicted octanol–water partition coefficient (Wildman–Crippen LogP) is 2.58. The minimum absolute atomic E-state index is 0.358. The molecule has 0 saturated heterocycles. The van der Waals surface area contributed by atoms with E-state index in [4.69, 9.17) is 0 Å². The summed E-state index contributed by atoms with van der Waals surface area (Å²) in [5.74, 6) is 0. The summed E-state index contributed by atoms with van der Waals surface area (Å²) in [6, 6.07) is 8.16. The maximum absolute atomic E-state index is 12.2. The lowest BCUT2D eigenvalue weighted by atomic mass is 10.3. The topological polar surface area (TPSA) is 58.2 Å². The highest BCUT2D eigenvalue weighted by molar-refractivity contribution is 7.91. The van der Waals surface area contributed by atoms with Crippen molar-refractivity contribution in [2.24, 2.45) is 0 Å². The molecule has 0 atom stereocenters. The number of hydrogen-bond acceptors (Lipinski definition) is 5. The fourth-order valence-electron chi connectivity index (χ4n) is 1.97. The summed E-state index contributed by atoms with van der Waals surface area (Å²) in [6.07, 6.45) is 3.44. The Morgan fingerprint density at radius 2 is 2.05 bits per heavy atom. The molecule has 21 heavy (non-hydrogen) atoms. The van der Waals surface area contributed by atoms with E-state index in [0.717, 1.165) is 22.7 Å². The molecule has 0 unspecified atom stereocenters. The van der Waals surface area contributed by atoms with E-state index < -0.39 is 10.0 Å². The lowest BCUT2D eigenvalue weighted by Gasteiger charge is -2.03. The Kier molecular flexibility index (Phi) is 4.75. The summed E-state index contributed by atoms with van der Waals surface area (Å²) in [7, 11) is -3.39. The van der Waals surface area contributed by atoms with E-state index in [1.165, 1.54) is 24.2 Å². The zero-order chi connectivity index (χ0) is 14.7. The molecular formula is C14H18N2O2S3. The molecule has 2 heterocycles. The fourth-order valence-corrected chi connectivity index (χ4v) is 5.12. The largest absolute Gasteiger partial charge is 0.314 e. The third-order valence-electron chi connectivity index (χ3n) is 3.30. The van der Waals surface area contributed by atoms with Crippen LogP contribution in [-0.4, -0.2) is 21.0 Å². The maximum Gasteiger partial charge on any atom is 0.250 e. The van der Waals surface area contributed by atoms with Gasteiger partial charge in [0.2, 0.25) is 10.0 Å². The second-order valence-corrected chi connectivity index (χ2v) is 9.30. The molecule has 114 valence electrons. The van der Waals surface area contributed by atoms with Gasteiger partial charge in [-0.1, -0.05) is 6.07 Å². The summed E-state index contributed by atoms with van der Waals surface area (Å²) < 4.78 is 27.5. The normalized spacial score (nSPS) is 15.4. The van der Waals surface area contributed by atoms with Gasteiger partial charge in [0.05, 0.1) is 0 Å². The summed E-state index contributed by atoms with van der Waals surface area (Å²) in [5.41, 5.74) is 0. The Balaban J connectivity index is 1.55. The van der Waals surface area contributed by atoms with Gasteiger partial charge in [-0.2, -0.15) is 0 Å². The van der Waals surface area contributed by atoms with E-state index in [-0.39, 0.29) is 0 Å². The van der Waals surface area contributed by atoms with Crippen LogP contribution in [0.4, 0.5) is 0 Å². The van der Waals surface area contributed by atoms with Gasteiger partial charge in [0.25, 0.3) is 0 Å². The van der Waals surface area contributed by atoms with E-state index in [1.54, 1.807) is 17.4 Å². The standard InChI is InChI=1S/C14H18N2O2S3/c17-21(18,16-10-13-2-1-9-19-13)14-6-5-12(20-14)7-8-15-11-3-4-11/h1-2,5-6,9,11,15-16H,3-4,7-8,10H2. The number of nitrogens with one attached hydrogen (secondary N) is 2. The molecule has 4 nitrogen and oxygen atoms in total. The molecule has 0 bridgehead atoms. The number of sulfonamides is 1. The van der Waals surface area contributed by atoms with Crippen molar-refractivity contribution < 1.29 is 8.42 Å². The molecule has 0 radical (unpaired) electrons. The minimum atomic E-state index is -3.39. The first-order valence-corrected chi connectivity index (χ1v) is 10.2. The van der Waals surface area contributed by atoms with Gasteiger partial charge < -0.3 is 5.32 Å². The first-order valence-electron chi connectivity index (χ1n) is 6.98. The Morgan fingerprint density at radius 1 is 1.19 bits per heavy atom. The van der Waals surface area contributed by atoms with Crippen molar-refractivity contribution in [1.29, 1.82) is 0 Å². The van der Waals surface area contributed by atoms with E-state index in [1.807, 2.05) is 23.6 Å². The predicted molar refractivity (Wildman–Crippen MR) is 87.4 cm³/mol. The molecule has 3 rings (SSSR count). The van der Waals surface area contributed by atoms with Crippen LogP contribution < -0.4 is 10.0 Å². The van der Waals surface area contributed by atoms with E-state index in [0.29, 0.717) is 16.8 Å². The second-order valence-electron chi connectivity index (χ2n) is 5.10. The SMILES string of the molecule is O=S(=O)(NCc1cccs1)c1ccc(CCNC2CC2)s1. The molecule has 0 aromatic carbocycles. The van der Waals surface area contributed by atoms with Crippen LogP contribution in [0.15, 0.2) is 33.9 Å². The average Bonchev–Trinajstić information content (AvgIpc) is 2.94. The van der Waals surface area contributed by atoms with E-state index >= 15 is 0 Å². The minimum Gasteiger partial charge on any atom is -0.314 e. The highest BCUT2D eigenvalue weighted by atomic mass is 32.2. The smallest absolute Gasteiger partial charge is 0.250 e. The Bertz CT molecular complexity index is 673. The lowest BCUT2D eigenvalue weighted by molar-refractivity contribution is 0.584. The van der Waals surface area contributed by atoms with Crippen molar-refractivity contribution in [1.82, 2.24) is 10.0 Å². The van der Waals surface area contributed by atoms with Gasteiger partial charge in [-0.3, -0.25) is 0 Å². The molecule has 0 aliphatic heterocycles. The van der Waals surface area contributed by atoms with Gasteiger partial charge in [0.1, 0.15) is 4.21 Å². The maximum atomic E-state index is 12.2. The van der Waals surface area contributed by atoms with Crippen LogP contribution in [-0.2, 0) is 23.0 Å². The summed E-state index contributed by atoms with van der Waals surface area (Å²) in [6.45, 7) is 1.28. The van der Waals surface area contributed by atoms with Crippen molar-refractivity contribution in [3.05, 3.63) is 39.4 Å². The molecule has 1 aliphatic carbocycles. The Hall–Kier alpha value is -0.730. The van der Waals surface area contributed by atoms with Crippen molar-refractivity contribution >= 4 is 32.7 Å². The van der Waals surface area contributed by atoms with Crippen LogP contribution in [0.2, 0.25) is 0 Å². The van der Waals surface area contributed by atoms with Crippen LogP contribution in [0, 0.1) is 0 Å². The Labute approximate surface area is 133 Å². The summed E-state index contributed by atoms with van der Waals surface area (Å²) in [4.78, 5) is 2.13. The van der Waals surface area contributed by atoms with E-state index in [9.17, 15) is 8.42 Å². The summed E-state index contributed by atoms with van der Waals surface area (Å²) >= 11 is 2.91. The highest BCUT2D eigenvalue weighted by Crippen LogP contribution is 2.23. The van der Waals surface area contributed by atoms with Crippen LogP contribution in [0.1, 0.15) is 22.6 Å². The van der Waals surface area contributed by atoms with Gasteiger partial charge in [-0.15, -0.1) is 22.7 Å². The fraction of sp³-hybridized carbons (Fsp3) is 0.429. The van der Waals surface area contributed by atoms with Crippen molar-refractivity contribution in [2.45, 2.75) is 36.1 Å². The first kappa shape index (κ1) is 15.2. The lowest BCUT2D eigenvalue weighted by Crippen LogP contribution is -2.21. The molecular weight excluding hydrogens is 324 g/mol. The summed E-state index contributed by atoms with van der Waals surface area (Å²) in [5, 5.41) is 5.38. The van der Waals surface area contributed by atoms with Crippen LogP contribution in [0.3, 0.4) is 0 Å². The first-order chi connectivity index (χ1) is 10.1. The highest BCUT2D eigenvalue weighted by Gasteiger charge is 2.20. The molecule has 0 amide bonds. The van der Waals surface area contributed by atoms with Gasteiger partial charge in [-0.25, -0.2) is 13.1 Å². The van der Waals surface area contributed by atoms with Gasteiger partial charge >= 0.3 is 0 Å². The number of thiophene rings is 2. The van der Waals surface area contributed by atoms with Crippen molar-refractivity contribution in [2.75, 3.05) is 6.54 Å². The monoisotopic (exact) mass is 342 g/mol. The van der Waals surface area contributed by atoms with Gasteiger partial charge in [-0.05, 0) is 42.8 Å². The second kappa shape index (κ2) is 6.58. The van der Waals surface area contributed by atoms with Gasteiger partial charge in [0.15, 0.2) is 0 Å². The van der Waals surface area contributed by atoms with Crippen molar-refractivity contribution in [3.63, 3.8) is 0 Å². The molecule has 2 aromatic rings. The molecule has 7 heteroatoms. The molecule has 1 fully saturated rings. The zero-order valence-corrected chi connectivity index (χ0v) is 14.0. The van der Waals surface area contributed by atoms with Crippen molar-refractivity contribution in [3.8, 4) is 0 Å². The number of rotatable bonds is 8. The van der Waals surface area contributed by atoms with Crippen LogP contribution >= 0.6 is 22.7 Å². The molecule has 1 aliphatic rings.